The Morgan fingerprint density at radius 1 is 1.09 bits per heavy atom. The van der Waals surface area contributed by atoms with Gasteiger partial charge in [0, 0.05) is 6.42 Å². The molecule has 0 aliphatic carbocycles. The molecule has 0 N–H and O–H groups in total. The zero-order valence-corrected chi connectivity index (χ0v) is 7.12. The van der Waals surface area contributed by atoms with E-state index in [4.69, 9.17) is 0 Å². The van der Waals surface area contributed by atoms with E-state index in [0.717, 1.165) is 25.5 Å². The summed E-state index contributed by atoms with van der Waals surface area (Å²) in [5.74, 6) is 0. The van der Waals surface area contributed by atoms with Crippen LogP contribution in [0, 0.1) is 0 Å². The highest BCUT2D eigenvalue weighted by Gasteiger charge is 1.82. The zero-order valence-electron chi connectivity index (χ0n) is 7.12. The first-order chi connectivity index (χ1) is 5.41. The lowest BCUT2D eigenvalue weighted by Gasteiger charge is -1.88. The van der Waals surface area contributed by atoms with Crippen LogP contribution in [0.3, 0.4) is 0 Å². The molecule has 62 valence electrons. The second-order valence-corrected chi connectivity index (χ2v) is 2.41. The molecule has 0 unspecified atom stereocenters. The van der Waals surface area contributed by atoms with Crippen LogP contribution >= 0.6 is 0 Å². The van der Waals surface area contributed by atoms with Crippen molar-refractivity contribution in [2.45, 2.75) is 32.6 Å². The third-order valence-corrected chi connectivity index (χ3v) is 1.38. The van der Waals surface area contributed by atoms with Gasteiger partial charge < -0.3 is 4.79 Å². The smallest absolute Gasteiger partial charge is 0.119 e. The van der Waals surface area contributed by atoms with E-state index in [1.807, 2.05) is 25.2 Å². The third-order valence-electron chi connectivity index (χ3n) is 1.38. The monoisotopic (exact) mass is 152 g/mol. The second-order valence-electron chi connectivity index (χ2n) is 2.41. The van der Waals surface area contributed by atoms with Crippen LogP contribution in [0.1, 0.15) is 32.6 Å². The summed E-state index contributed by atoms with van der Waals surface area (Å²) in [5, 5.41) is 0. The minimum absolute atomic E-state index is 0.706. The molecule has 0 atom stereocenters. The Balaban J connectivity index is 3.06. The van der Waals surface area contributed by atoms with Crippen molar-refractivity contribution >= 4 is 6.29 Å². The number of hydrogen-bond acceptors (Lipinski definition) is 1. The van der Waals surface area contributed by atoms with E-state index < -0.39 is 0 Å². The van der Waals surface area contributed by atoms with Gasteiger partial charge in [0.2, 0.25) is 0 Å². The van der Waals surface area contributed by atoms with Crippen molar-refractivity contribution < 1.29 is 4.79 Å². The summed E-state index contributed by atoms with van der Waals surface area (Å²) in [6.07, 6.45) is 13.1. The SMILES string of the molecule is CC=CC=CCCCCC=O. The molecule has 0 aromatic carbocycles. The molecular formula is C10H16O. The average molecular weight is 152 g/mol. The molecule has 0 aliphatic rings. The lowest BCUT2D eigenvalue weighted by Crippen LogP contribution is -1.75. The summed E-state index contributed by atoms with van der Waals surface area (Å²) in [7, 11) is 0. The summed E-state index contributed by atoms with van der Waals surface area (Å²) < 4.78 is 0. The van der Waals surface area contributed by atoms with Gasteiger partial charge in [0.25, 0.3) is 0 Å². The molecular weight excluding hydrogens is 136 g/mol. The Labute approximate surface area is 68.8 Å². The van der Waals surface area contributed by atoms with Crippen LogP contribution in [-0.2, 0) is 4.79 Å². The van der Waals surface area contributed by atoms with Crippen LogP contribution in [0.2, 0.25) is 0 Å². The van der Waals surface area contributed by atoms with E-state index in [1.54, 1.807) is 0 Å². The maximum Gasteiger partial charge on any atom is 0.119 e. The molecule has 1 nitrogen and oxygen atoms in total. The first kappa shape index (κ1) is 10.2. The van der Waals surface area contributed by atoms with E-state index in [9.17, 15) is 4.79 Å². The van der Waals surface area contributed by atoms with Crippen molar-refractivity contribution in [2.75, 3.05) is 0 Å². The van der Waals surface area contributed by atoms with Gasteiger partial charge in [-0.3, -0.25) is 0 Å². The molecule has 0 aromatic heterocycles. The molecule has 0 radical (unpaired) electrons. The highest BCUT2D eigenvalue weighted by Crippen LogP contribution is 1.98. The lowest BCUT2D eigenvalue weighted by molar-refractivity contribution is -0.107. The Kier molecular flexibility index (Phi) is 8.44. The van der Waals surface area contributed by atoms with E-state index >= 15 is 0 Å². The maximum absolute atomic E-state index is 9.91. The largest absolute Gasteiger partial charge is 0.303 e. The molecule has 0 saturated carbocycles. The van der Waals surface area contributed by atoms with Crippen molar-refractivity contribution in [2.24, 2.45) is 0 Å². The lowest BCUT2D eigenvalue weighted by atomic mass is 10.2. The van der Waals surface area contributed by atoms with Crippen LogP contribution in [0.5, 0.6) is 0 Å². The highest BCUT2D eigenvalue weighted by atomic mass is 16.1. The zero-order chi connectivity index (χ0) is 8.36. The molecule has 0 aromatic rings. The fourth-order valence-corrected chi connectivity index (χ4v) is 0.776. The summed E-state index contributed by atoms with van der Waals surface area (Å²) in [6, 6.07) is 0. The van der Waals surface area contributed by atoms with Crippen LogP contribution in [0.4, 0.5) is 0 Å². The first-order valence-corrected chi connectivity index (χ1v) is 4.13. The predicted molar refractivity (Wildman–Crippen MR) is 48.5 cm³/mol. The van der Waals surface area contributed by atoms with Crippen molar-refractivity contribution in [3.05, 3.63) is 24.3 Å². The standard InChI is InChI=1S/C10H16O/c1-2-3-4-5-6-7-8-9-10-11/h2-5,10H,6-9H2,1H3. The molecule has 0 aliphatic heterocycles. The van der Waals surface area contributed by atoms with Crippen LogP contribution in [-0.4, -0.2) is 6.29 Å². The van der Waals surface area contributed by atoms with Gasteiger partial charge in [0.15, 0.2) is 0 Å². The molecule has 0 spiro atoms. The normalized spacial score (nSPS) is 11.4. The van der Waals surface area contributed by atoms with Gasteiger partial charge in [-0.25, -0.2) is 0 Å². The Morgan fingerprint density at radius 3 is 2.45 bits per heavy atom. The molecule has 0 heterocycles. The minimum atomic E-state index is 0.706. The maximum atomic E-state index is 9.91. The topological polar surface area (TPSA) is 17.1 Å². The van der Waals surface area contributed by atoms with Gasteiger partial charge in [-0.2, -0.15) is 0 Å². The van der Waals surface area contributed by atoms with Gasteiger partial charge in [0.05, 0.1) is 0 Å². The van der Waals surface area contributed by atoms with E-state index in [2.05, 4.69) is 6.08 Å². The summed E-state index contributed by atoms with van der Waals surface area (Å²) in [6.45, 7) is 2.00. The van der Waals surface area contributed by atoms with Gasteiger partial charge in [-0.05, 0) is 26.2 Å². The van der Waals surface area contributed by atoms with Crippen molar-refractivity contribution in [1.82, 2.24) is 0 Å². The number of hydrogen-bond donors (Lipinski definition) is 0. The summed E-state index contributed by atoms with van der Waals surface area (Å²) >= 11 is 0. The van der Waals surface area contributed by atoms with Crippen LogP contribution in [0.25, 0.3) is 0 Å². The summed E-state index contributed by atoms with van der Waals surface area (Å²) in [4.78, 5) is 9.91. The number of aldehydes is 1. The fourth-order valence-electron chi connectivity index (χ4n) is 0.776. The minimum Gasteiger partial charge on any atom is -0.303 e. The molecule has 0 saturated heterocycles. The molecule has 1 heteroatoms. The Bertz CT molecular complexity index is 134. The molecule has 0 rings (SSSR count). The van der Waals surface area contributed by atoms with Crippen molar-refractivity contribution in [3.8, 4) is 0 Å². The number of rotatable bonds is 6. The first-order valence-electron chi connectivity index (χ1n) is 4.13. The van der Waals surface area contributed by atoms with E-state index in [0.29, 0.717) is 6.42 Å². The number of carbonyl (C=O) groups excluding carboxylic acids is 1. The van der Waals surface area contributed by atoms with E-state index in [1.165, 1.54) is 0 Å². The summed E-state index contributed by atoms with van der Waals surface area (Å²) in [5.41, 5.74) is 0. The number of unbranched alkanes of at least 4 members (excludes halogenated alkanes) is 3. The van der Waals surface area contributed by atoms with Crippen molar-refractivity contribution in [1.29, 1.82) is 0 Å². The Morgan fingerprint density at radius 2 is 1.82 bits per heavy atom. The quantitative estimate of drug-likeness (QED) is 0.325. The number of carbonyl (C=O) groups is 1. The fraction of sp³-hybridized carbons (Fsp3) is 0.500. The van der Waals surface area contributed by atoms with Gasteiger partial charge in [-0.1, -0.05) is 24.3 Å². The van der Waals surface area contributed by atoms with Crippen LogP contribution in [0.15, 0.2) is 24.3 Å². The Hall–Kier alpha value is -0.850. The third kappa shape index (κ3) is 9.15. The molecule has 0 amide bonds. The van der Waals surface area contributed by atoms with Crippen LogP contribution < -0.4 is 0 Å². The average Bonchev–Trinajstić information content (AvgIpc) is 2.03. The second kappa shape index (κ2) is 9.15. The van der Waals surface area contributed by atoms with Gasteiger partial charge >= 0.3 is 0 Å². The highest BCUT2D eigenvalue weighted by molar-refractivity contribution is 5.48. The van der Waals surface area contributed by atoms with E-state index in [-0.39, 0.29) is 0 Å². The van der Waals surface area contributed by atoms with Gasteiger partial charge in [-0.15, -0.1) is 0 Å². The number of allylic oxidation sites excluding steroid dienone is 4. The van der Waals surface area contributed by atoms with Gasteiger partial charge in [0.1, 0.15) is 6.29 Å². The van der Waals surface area contributed by atoms with Crippen molar-refractivity contribution in [3.63, 3.8) is 0 Å². The molecule has 11 heavy (non-hydrogen) atoms. The molecule has 0 bridgehead atoms. The predicted octanol–water partition coefficient (Wildman–Crippen LogP) is 2.88. The molecule has 0 fully saturated rings.